The largest absolute Gasteiger partial charge is 0.331 e. The van der Waals surface area contributed by atoms with Gasteiger partial charge in [-0.15, -0.1) is 0 Å². The van der Waals surface area contributed by atoms with Crippen LogP contribution in [-0.4, -0.2) is 9.55 Å². The van der Waals surface area contributed by atoms with Crippen LogP contribution in [0.5, 0.6) is 0 Å². The lowest BCUT2D eigenvalue weighted by Gasteiger charge is -2.15. The van der Waals surface area contributed by atoms with Crippen LogP contribution >= 0.6 is 28.1 Å². The van der Waals surface area contributed by atoms with Gasteiger partial charge >= 0.3 is 0 Å². The number of halogens is 2. The molecule has 0 aliphatic heterocycles. The van der Waals surface area contributed by atoms with Gasteiger partial charge in [-0.05, 0) is 43.4 Å². The molecule has 1 aromatic heterocycles. The maximum atomic E-state index is 14.0. The van der Waals surface area contributed by atoms with E-state index in [-0.39, 0.29) is 11.9 Å². The summed E-state index contributed by atoms with van der Waals surface area (Å²) in [5.74, 6) is -0.214. The number of H-pyrrole nitrogens is 1. The van der Waals surface area contributed by atoms with Crippen molar-refractivity contribution in [3.05, 3.63) is 63.1 Å². The number of aromatic nitrogens is 2. The molecule has 3 rings (SSSR count). The van der Waals surface area contributed by atoms with E-state index >= 15 is 0 Å². The predicted octanol–water partition coefficient (Wildman–Crippen LogP) is 5.21. The molecule has 2 nitrogen and oxygen atoms in total. The van der Waals surface area contributed by atoms with E-state index < -0.39 is 0 Å². The third-order valence-corrected chi connectivity index (χ3v) is 4.21. The number of aromatic amines is 1. The van der Waals surface area contributed by atoms with Crippen LogP contribution in [0.1, 0.15) is 18.5 Å². The number of hydrogen-bond donors (Lipinski definition) is 1. The zero-order chi connectivity index (χ0) is 14.3. The van der Waals surface area contributed by atoms with E-state index in [0.717, 1.165) is 15.5 Å². The van der Waals surface area contributed by atoms with Crippen LogP contribution in [0.15, 0.2) is 46.9 Å². The fraction of sp³-hybridized carbons (Fsp3) is 0.133. The summed E-state index contributed by atoms with van der Waals surface area (Å²) in [7, 11) is 0. The normalized spacial score (nSPS) is 12.8. The van der Waals surface area contributed by atoms with Crippen molar-refractivity contribution in [3.8, 4) is 0 Å². The SMILES string of the molecule is CC(c1ccccc1F)n1c(=S)[nH]c2cc(Br)ccc21. The molecule has 0 fully saturated rings. The lowest BCUT2D eigenvalue weighted by molar-refractivity contribution is 0.561. The second-order valence-corrected chi connectivity index (χ2v) is 5.96. The zero-order valence-electron chi connectivity index (χ0n) is 10.7. The van der Waals surface area contributed by atoms with Crippen LogP contribution in [0, 0.1) is 10.6 Å². The Bertz CT molecular complexity index is 837. The molecule has 20 heavy (non-hydrogen) atoms. The summed E-state index contributed by atoms with van der Waals surface area (Å²) in [5, 5.41) is 0. The topological polar surface area (TPSA) is 20.7 Å². The van der Waals surface area contributed by atoms with E-state index in [0.29, 0.717) is 10.3 Å². The van der Waals surface area contributed by atoms with Gasteiger partial charge in [-0.2, -0.15) is 0 Å². The summed E-state index contributed by atoms with van der Waals surface area (Å²) < 4.78 is 17.5. The number of imidazole rings is 1. The third-order valence-electron chi connectivity index (χ3n) is 3.42. The average molecular weight is 351 g/mol. The second kappa shape index (κ2) is 5.14. The first-order chi connectivity index (χ1) is 9.58. The van der Waals surface area contributed by atoms with Crippen molar-refractivity contribution in [2.24, 2.45) is 0 Å². The number of benzene rings is 2. The quantitative estimate of drug-likeness (QED) is 0.629. The highest BCUT2D eigenvalue weighted by Gasteiger charge is 2.16. The van der Waals surface area contributed by atoms with Crippen LogP contribution in [-0.2, 0) is 0 Å². The monoisotopic (exact) mass is 350 g/mol. The van der Waals surface area contributed by atoms with Crippen LogP contribution in [0.3, 0.4) is 0 Å². The summed E-state index contributed by atoms with van der Waals surface area (Å²) >= 11 is 8.82. The van der Waals surface area contributed by atoms with Gasteiger partial charge in [-0.25, -0.2) is 4.39 Å². The Morgan fingerprint density at radius 3 is 2.75 bits per heavy atom. The molecule has 102 valence electrons. The molecular weight excluding hydrogens is 339 g/mol. The first-order valence-corrected chi connectivity index (χ1v) is 7.42. The molecule has 0 amide bonds. The van der Waals surface area contributed by atoms with Gasteiger partial charge in [0.1, 0.15) is 5.82 Å². The molecule has 0 spiro atoms. The van der Waals surface area contributed by atoms with Gasteiger partial charge in [0, 0.05) is 10.0 Å². The number of fused-ring (bicyclic) bond motifs is 1. The zero-order valence-corrected chi connectivity index (χ0v) is 13.1. The van der Waals surface area contributed by atoms with Gasteiger partial charge in [0.05, 0.1) is 17.1 Å². The van der Waals surface area contributed by atoms with E-state index in [1.165, 1.54) is 6.07 Å². The van der Waals surface area contributed by atoms with Gasteiger partial charge in [-0.3, -0.25) is 0 Å². The van der Waals surface area contributed by atoms with Crippen molar-refractivity contribution in [3.63, 3.8) is 0 Å². The van der Waals surface area contributed by atoms with Crippen molar-refractivity contribution in [1.29, 1.82) is 0 Å². The van der Waals surface area contributed by atoms with Gasteiger partial charge < -0.3 is 9.55 Å². The van der Waals surface area contributed by atoms with Crippen molar-refractivity contribution in [2.75, 3.05) is 0 Å². The molecule has 1 atom stereocenters. The Hall–Kier alpha value is -1.46. The molecule has 0 bridgehead atoms. The van der Waals surface area contributed by atoms with Gasteiger partial charge in [0.15, 0.2) is 4.77 Å². The Balaban J connectivity index is 2.22. The number of hydrogen-bond acceptors (Lipinski definition) is 1. The van der Waals surface area contributed by atoms with Crippen molar-refractivity contribution in [2.45, 2.75) is 13.0 Å². The first kappa shape index (κ1) is 13.5. The number of nitrogens with one attached hydrogen (secondary N) is 1. The molecule has 5 heteroatoms. The second-order valence-electron chi connectivity index (χ2n) is 4.66. The van der Waals surface area contributed by atoms with Crippen LogP contribution in [0.25, 0.3) is 11.0 Å². The molecule has 0 aliphatic carbocycles. The van der Waals surface area contributed by atoms with E-state index in [2.05, 4.69) is 20.9 Å². The fourth-order valence-corrected chi connectivity index (χ4v) is 3.17. The Morgan fingerprint density at radius 1 is 1.25 bits per heavy atom. The average Bonchev–Trinajstić information content (AvgIpc) is 2.73. The van der Waals surface area contributed by atoms with Crippen LogP contribution in [0.2, 0.25) is 0 Å². The Kier molecular flexibility index (Phi) is 3.48. The molecule has 0 aliphatic rings. The fourth-order valence-electron chi connectivity index (χ4n) is 2.44. The highest BCUT2D eigenvalue weighted by Crippen LogP contribution is 2.27. The molecule has 3 aromatic rings. The smallest absolute Gasteiger partial charge is 0.178 e. The van der Waals surface area contributed by atoms with E-state index in [1.807, 2.05) is 35.8 Å². The molecule has 1 N–H and O–H groups in total. The Labute approximate surface area is 129 Å². The van der Waals surface area contributed by atoms with Gasteiger partial charge in [0.2, 0.25) is 0 Å². The van der Waals surface area contributed by atoms with Gasteiger partial charge in [0.25, 0.3) is 0 Å². The highest BCUT2D eigenvalue weighted by atomic mass is 79.9. The predicted molar refractivity (Wildman–Crippen MR) is 85.0 cm³/mol. The van der Waals surface area contributed by atoms with Gasteiger partial charge in [-0.1, -0.05) is 34.1 Å². The lowest BCUT2D eigenvalue weighted by atomic mass is 10.1. The standard InChI is InChI=1S/C15H12BrFN2S/c1-9(11-4-2-3-5-12(11)17)19-14-7-6-10(16)8-13(14)18-15(19)20/h2-9H,1H3,(H,18,20). The molecule has 0 saturated heterocycles. The molecular formula is C15H12BrFN2S. The van der Waals surface area contributed by atoms with Crippen molar-refractivity contribution in [1.82, 2.24) is 9.55 Å². The minimum atomic E-state index is -0.214. The van der Waals surface area contributed by atoms with E-state index in [1.54, 1.807) is 12.1 Å². The summed E-state index contributed by atoms with van der Waals surface area (Å²) in [6, 6.07) is 12.5. The van der Waals surface area contributed by atoms with Crippen molar-refractivity contribution < 1.29 is 4.39 Å². The minimum Gasteiger partial charge on any atom is -0.331 e. The van der Waals surface area contributed by atoms with E-state index in [9.17, 15) is 4.39 Å². The van der Waals surface area contributed by atoms with E-state index in [4.69, 9.17) is 12.2 Å². The minimum absolute atomic E-state index is 0.168. The first-order valence-electron chi connectivity index (χ1n) is 6.22. The highest BCUT2D eigenvalue weighted by molar-refractivity contribution is 9.10. The Morgan fingerprint density at radius 2 is 2.00 bits per heavy atom. The molecule has 2 aromatic carbocycles. The molecule has 1 unspecified atom stereocenters. The maximum absolute atomic E-state index is 14.0. The van der Waals surface area contributed by atoms with Crippen molar-refractivity contribution >= 4 is 39.2 Å². The summed E-state index contributed by atoms with van der Waals surface area (Å²) in [4.78, 5) is 3.16. The maximum Gasteiger partial charge on any atom is 0.178 e. The van der Waals surface area contributed by atoms with Crippen LogP contribution in [0.4, 0.5) is 4.39 Å². The molecule has 1 heterocycles. The van der Waals surface area contributed by atoms with Crippen LogP contribution < -0.4 is 0 Å². The summed E-state index contributed by atoms with van der Waals surface area (Å²) in [5.41, 5.74) is 2.54. The number of nitrogens with zero attached hydrogens (tertiary/aromatic N) is 1. The third kappa shape index (κ3) is 2.21. The summed E-state index contributed by atoms with van der Waals surface area (Å²) in [6.07, 6.45) is 0. The number of rotatable bonds is 2. The molecule has 0 radical (unpaired) electrons. The molecule has 0 saturated carbocycles. The summed E-state index contributed by atoms with van der Waals surface area (Å²) in [6.45, 7) is 1.95. The lowest BCUT2D eigenvalue weighted by Crippen LogP contribution is -2.08.